The van der Waals surface area contributed by atoms with Crippen LogP contribution in [0.2, 0.25) is 25.7 Å². The summed E-state index contributed by atoms with van der Waals surface area (Å²) in [5.41, 5.74) is 0. The molecule has 0 heterocycles. The van der Waals surface area contributed by atoms with Gasteiger partial charge < -0.3 is 4.74 Å². The van der Waals surface area contributed by atoms with Gasteiger partial charge in [-0.05, 0) is 32.5 Å². The van der Waals surface area contributed by atoms with Crippen LogP contribution in [0.1, 0.15) is 19.8 Å². The van der Waals surface area contributed by atoms with Crippen LogP contribution in [-0.4, -0.2) is 37.7 Å². The molecule has 0 rings (SSSR count). The molecule has 0 aromatic carbocycles. The predicted molar refractivity (Wildman–Crippen MR) is 81.2 cm³/mol. The molecular formula is C12H28O4Si2. The van der Waals surface area contributed by atoms with E-state index in [9.17, 15) is 4.79 Å². The number of rotatable bonds is 8. The summed E-state index contributed by atoms with van der Waals surface area (Å²) in [5, 5.41) is 0. The Morgan fingerprint density at radius 3 is 2.33 bits per heavy atom. The molecule has 0 atom stereocenters. The molecule has 4 nitrogen and oxygen atoms in total. The highest BCUT2D eigenvalue weighted by Crippen LogP contribution is 2.03. The molecule has 0 fully saturated rings. The van der Waals surface area contributed by atoms with Crippen molar-refractivity contribution < 1.29 is 19.0 Å². The monoisotopic (exact) mass is 292 g/mol. The van der Waals surface area contributed by atoms with Crippen LogP contribution in [0.3, 0.4) is 0 Å². The summed E-state index contributed by atoms with van der Waals surface area (Å²) in [4.78, 5) is 15.3. The maximum atomic E-state index is 10.2. The van der Waals surface area contributed by atoms with E-state index in [1.165, 1.54) is 16.3 Å². The van der Waals surface area contributed by atoms with Crippen molar-refractivity contribution in [3.05, 3.63) is 12.7 Å². The molecule has 0 aromatic heterocycles. The molecule has 0 aliphatic heterocycles. The molecule has 0 aromatic rings. The maximum Gasteiger partial charge on any atom is 0.330 e. The third-order valence-corrected chi connectivity index (χ3v) is 2.83. The lowest BCUT2D eigenvalue weighted by atomic mass is 10.5. The zero-order valence-corrected chi connectivity index (χ0v) is 15.5. The van der Waals surface area contributed by atoms with Gasteiger partial charge in [-0.1, -0.05) is 19.5 Å². The summed E-state index contributed by atoms with van der Waals surface area (Å²) in [7, 11) is -0.147. The van der Waals surface area contributed by atoms with Crippen LogP contribution in [0.15, 0.2) is 12.7 Å². The average molecular weight is 293 g/mol. The predicted octanol–water partition coefficient (Wildman–Crippen LogP) is 2.07. The molecule has 6 heteroatoms. The quantitative estimate of drug-likeness (QED) is 0.172. The van der Waals surface area contributed by atoms with Gasteiger partial charge in [-0.25, -0.2) is 9.68 Å². The van der Waals surface area contributed by atoms with E-state index in [1.54, 1.807) is 0 Å². The molecular weight excluding hydrogens is 264 g/mol. The Hall–Kier alpha value is -0.436. The summed E-state index contributed by atoms with van der Waals surface area (Å²) in [6.45, 7) is 12.8. The van der Waals surface area contributed by atoms with Gasteiger partial charge in [0.1, 0.15) is 0 Å². The van der Waals surface area contributed by atoms with E-state index in [2.05, 4.69) is 31.0 Å². The van der Waals surface area contributed by atoms with Gasteiger partial charge in [-0.2, -0.15) is 0 Å². The summed E-state index contributed by atoms with van der Waals surface area (Å²) in [6.07, 6.45) is 3.17. The first kappa shape index (κ1) is 19.9. The van der Waals surface area contributed by atoms with E-state index in [4.69, 9.17) is 9.46 Å². The van der Waals surface area contributed by atoms with Gasteiger partial charge in [0, 0.05) is 16.3 Å². The smallest absolute Gasteiger partial charge is 0.330 e. The van der Waals surface area contributed by atoms with Gasteiger partial charge in [-0.3, -0.25) is 4.58 Å². The van der Waals surface area contributed by atoms with E-state index in [0.29, 0.717) is 6.61 Å². The number of ether oxygens (including phenoxy) is 1. The first-order chi connectivity index (χ1) is 8.37. The van der Waals surface area contributed by atoms with Crippen LogP contribution in [0.25, 0.3) is 0 Å². The molecule has 0 bridgehead atoms. The average Bonchev–Trinajstić information content (AvgIpc) is 2.31. The fourth-order valence-electron chi connectivity index (χ4n) is 0.683. The van der Waals surface area contributed by atoms with Crippen molar-refractivity contribution in [2.75, 3.05) is 13.2 Å². The lowest BCUT2D eigenvalue weighted by molar-refractivity contribution is -0.217. The second kappa shape index (κ2) is 13.0. The summed E-state index contributed by atoms with van der Waals surface area (Å²) in [5.74, 6) is -0.341. The highest BCUT2D eigenvalue weighted by molar-refractivity contribution is 6.69. The van der Waals surface area contributed by atoms with Gasteiger partial charge >= 0.3 is 5.97 Å². The molecule has 0 radical (unpaired) electrons. The van der Waals surface area contributed by atoms with Crippen LogP contribution < -0.4 is 0 Å². The van der Waals surface area contributed by atoms with Gasteiger partial charge in [0.05, 0.1) is 13.2 Å². The third-order valence-electron chi connectivity index (χ3n) is 1.51. The van der Waals surface area contributed by atoms with Crippen LogP contribution in [0, 0.1) is 0 Å². The van der Waals surface area contributed by atoms with Crippen LogP contribution >= 0.6 is 0 Å². The number of esters is 1. The lowest BCUT2D eigenvalue weighted by Gasteiger charge is -2.14. The number of carbonyl (C=O) groups excluding carboxylic acids is 1. The first-order valence-corrected chi connectivity index (χ1v) is 11.3. The molecule has 0 unspecified atom stereocenters. The van der Waals surface area contributed by atoms with Crippen molar-refractivity contribution in [1.29, 1.82) is 0 Å². The standard InChI is InChI=1S/C6H18O2Si2.C6H10O2/c1-10(2,3)8-7-5-4-6-9;1-3-5-8-6(7)4-2/h4-6H2,1-3,9H3;4H,2-3,5H2,1H3. The van der Waals surface area contributed by atoms with Crippen molar-refractivity contribution in [3.8, 4) is 0 Å². The molecule has 0 amide bonds. The molecule has 0 N–H and O–H groups in total. The molecule has 0 saturated carbocycles. The summed E-state index contributed by atoms with van der Waals surface area (Å²) in [6, 6.07) is 1.30. The van der Waals surface area contributed by atoms with Crippen molar-refractivity contribution in [2.24, 2.45) is 0 Å². The van der Waals surface area contributed by atoms with Crippen LogP contribution in [0.5, 0.6) is 0 Å². The van der Waals surface area contributed by atoms with Crippen molar-refractivity contribution >= 4 is 24.5 Å². The van der Waals surface area contributed by atoms with Crippen LogP contribution in [0.4, 0.5) is 0 Å². The Balaban J connectivity index is 0. The molecule has 0 spiro atoms. The molecule has 18 heavy (non-hydrogen) atoms. The largest absolute Gasteiger partial charge is 0.463 e. The minimum atomic E-state index is -1.42. The third kappa shape index (κ3) is 20.9. The zero-order chi connectivity index (χ0) is 14.4. The molecule has 0 saturated heterocycles. The van der Waals surface area contributed by atoms with E-state index >= 15 is 0 Å². The second-order valence-electron chi connectivity index (χ2n) is 4.74. The van der Waals surface area contributed by atoms with E-state index < -0.39 is 8.32 Å². The minimum Gasteiger partial charge on any atom is -0.463 e. The second-order valence-corrected chi connectivity index (χ2v) is 10.1. The normalized spacial score (nSPS) is 10.4. The van der Waals surface area contributed by atoms with Crippen molar-refractivity contribution in [2.45, 2.75) is 45.5 Å². The number of hydrogen-bond donors (Lipinski definition) is 0. The molecule has 108 valence electrons. The Morgan fingerprint density at radius 2 is 1.94 bits per heavy atom. The zero-order valence-electron chi connectivity index (χ0n) is 12.5. The molecule has 0 aliphatic carbocycles. The highest BCUT2D eigenvalue weighted by Gasteiger charge is 2.15. The lowest BCUT2D eigenvalue weighted by Crippen LogP contribution is -2.25. The number of carbonyl (C=O) groups is 1. The van der Waals surface area contributed by atoms with E-state index in [-0.39, 0.29) is 5.97 Å². The van der Waals surface area contributed by atoms with Crippen LogP contribution in [-0.2, 0) is 19.0 Å². The Kier molecular flexibility index (Phi) is 14.4. The fourth-order valence-corrected chi connectivity index (χ4v) is 1.41. The summed E-state index contributed by atoms with van der Waals surface area (Å²) >= 11 is 0. The van der Waals surface area contributed by atoms with Gasteiger partial charge in [-0.15, -0.1) is 0 Å². The Morgan fingerprint density at radius 1 is 1.33 bits per heavy atom. The van der Waals surface area contributed by atoms with Gasteiger partial charge in [0.15, 0.2) is 0 Å². The van der Waals surface area contributed by atoms with E-state index in [0.717, 1.165) is 25.5 Å². The maximum absolute atomic E-state index is 10.2. The topological polar surface area (TPSA) is 44.8 Å². The SMILES string of the molecule is C=CC(=O)OCCC.C[Si](C)(C)OOCCC[SiH3]. The Labute approximate surface area is 115 Å². The van der Waals surface area contributed by atoms with Crippen molar-refractivity contribution in [3.63, 3.8) is 0 Å². The minimum absolute atomic E-state index is 0.341. The first-order valence-electron chi connectivity index (χ1n) is 6.47. The van der Waals surface area contributed by atoms with Crippen molar-refractivity contribution in [1.82, 2.24) is 0 Å². The highest BCUT2D eigenvalue weighted by atomic mass is 28.4. The summed E-state index contributed by atoms with van der Waals surface area (Å²) < 4.78 is 9.77. The fraction of sp³-hybridized carbons (Fsp3) is 0.750. The van der Waals surface area contributed by atoms with Gasteiger partial charge in [0.2, 0.25) is 8.32 Å². The van der Waals surface area contributed by atoms with E-state index in [1.807, 2.05) is 6.92 Å². The Bertz CT molecular complexity index is 215. The van der Waals surface area contributed by atoms with Gasteiger partial charge in [0.25, 0.3) is 0 Å². The molecule has 0 aliphatic rings. The number of hydrogen-bond acceptors (Lipinski definition) is 4.